The number of benzene rings is 2. The maximum atomic E-state index is 13.4. The van der Waals surface area contributed by atoms with Gasteiger partial charge < -0.3 is 10.1 Å². The predicted molar refractivity (Wildman–Crippen MR) is 97.6 cm³/mol. The summed E-state index contributed by atoms with van der Waals surface area (Å²) >= 11 is 0. The molecule has 0 spiro atoms. The van der Waals surface area contributed by atoms with E-state index >= 15 is 0 Å². The zero-order valence-corrected chi connectivity index (χ0v) is 14.7. The van der Waals surface area contributed by atoms with Gasteiger partial charge in [-0.05, 0) is 37.1 Å². The molecule has 2 aromatic carbocycles. The number of carbonyl (C=O) groups is 2. The summed E-state index contributed by atoms with van der Waals surface area (Å²) in [5.41, 5.74) is 1.31. The number of aryl methyl sites for hydroxylation is 1. The summed E-state index contributed by atoms with van der Waals surface area (Å²) in [6.45, 7) is 2.76. The van der Waals surface area contributed by atoms with E-state index in [-0.39, 0.29) is 16.9 Å². The summed E-state index contributed by atoms with van der Waals surface area (Å²) in [6.07, 6.45) is 2.22. The molecule has 0 aromatic heterocycles. The smallest absolute Gasteiger partial charge is 0.331 e. The fourth-order valence-electron chi connectivity index (χ4n) is 2.24. The lowest BCUT2D eigenvalue weighted by molar-refractivity contribution is -0.384. The van der Waals surface area contributed by atoms with Crippen LogP contribution < -0.4 is 5.32 Å². The first-order valence-corrected chi connectivity index (χ1v) is 7.93. The molecular weight excluding hydrogens is 355 g/mol. The molecule has 0 radical (unpaired) electrons. The molecule has 140 valence electrons. The third-order valence-electron chi connectivity index (χ3n) is 3.82. The SMILES string of the molecule is Cc1ccc([N+](=O)[O-])c(NC(=O)COC(=O)/C=C/c2ccccc2F)c1C. The summed E-state index contributed by atoms with van der Waals surface area (Å²) in [6, 6.07) is 8.72. The molecule has 0 heterocycles. The van der Waals surface area contributed by atoms with Crippen molar-refractivity contribution in [1.29, 1.82) is 0 Å². The Morgan fingerprint density at radius 1 is 1.22 bits per heavy atom. The Bertz CT molecular complexity index is 924. The van der Waals surface area contributed by atoms with E-state index in [2.05, 4.69) is 5.32 Å². The Hall–Kier alpha value is -3.55. The van der Waals surface area contributed by atoms with Crippen LogP contribution in [0.4, 0.5) is 15.8 Å². The third kappa shape index (κ3) is 5.21. The minimum Gasteiger partial charge on any atom is -0.452 e. The van der Waals surface area contributed by atoms with Gasteiger partial charge in [0.15, 0.2) is 6.61 Å². The van der Waals surface area contributed by atoms with Crippen molar-refractivity contribution < 1.29 is 23.6 Å². The number of ether oxygens (including phenoxy) is 1. The molecule has 0 fully saturated rings. The maximum absolute atomic E-state index is 13.4. The molecule has 2 aromatic rings. The van der Waals surface area contributed by atoms with Crippen molar-refractivity contribution in [2.45, 2.75) is 13.8 Å². The number of anilines is 1. The molecule has 0 unspecified atom stereocenters. The molecule has 27 heavy (non-hydrogen) atoms. The largest absolute Gasteiger partial charge is 0.452 e. The highest BCUT2D eigenvalue weighted by atomic mass is 19.1. The molecule has 0 saturated heterocycles. The molecule has 2 rings (SSSR count). The van der Waals surface area contributed by atoms with E-state index in [0.717, 1.165) is 11.6 Å². The molecule has 0 aliphatic heterocycles. The van der Waals surface area contributed by atoms with Gasteiger partial charge in [0, 0.05) is 17.7 Å². The number of nitrogens with zero attached hydrogens (tertiary/aromatic N) is 1. The monoisotopic (exact) mass is 372 g/mol. The van der Waals surface area contributed by atoms with E-state index in [0.29, 0.717) is 5.56 Å². The average molecular weight is 372 g/mol. The van der Waals surface area contributed by atoms with Crippen molar-refractivity contribution in [3.63, 3.8) is 0 Å². The second kappa shape index (κ2) is 8.70. The molecule has 0 aliphatic rings. The Morgan fingerprint density at radius 2 is 1.93 bits per heavy atom. The standard InChI is InChI=1S/C19H17FN2O5/c1-12-7-9-16(22(25)26)19(13(12)2)21-17(23)11-27-18(24)10-8-14-5-3-4-6-15(14)20/h3-10H,11H2,1-2H3,(H,21,23)/b10-8+. The number of hydrogen-bond donors (Lipinski definition) is 1. The minimum atomic E-state index is -0.844. The van der Waals surface area contributed by atoms with Gasteiger partial charge in [0.05, 0.1) is 4.92 Å². The van der Waals surface area contributed by atoms with Crippen LogP contribution in [0.3, 0.4) is 0 Å². The highest BCUT2D eigenvalue weighted by Gasteiger charge is 2.19. The number of halogens is 1. The van der Waals surface area contributed by atoms with E-state index in [4.69, 9.17) is 4.74 Å². The van der Waals surface area contributed by atoms with Gasteiger partial charge in [-0.3, -0.25) is 14.9 Å². The van der Waals surface area contributed by atoms with Crippen LogP contribution in [0.25, 0.3) is 6.08 Å². The van der Waals surface area contributed by atoms with Gasteiger partial charge in [-0.15, -0.1) is 0 Å². The predicted octanol–water partition coefficient (Wildman–Crippen LogP) is 3.55. The first-order chi connectivity index (χ1) is 12.8. The zero-order valence-electron chi connectivity index (χ0n) is 14.7. The average Bonchev–Trinajstić information content (AvgIpc) is 2.63. The number of esters is 1. The van der Waals surface area contributed by atoms with Crippen molar-refractivity contribution in [2.24, 2.45) is 0 Å². The number of rotatable bonds is 6. The second-order valence-corrected chi connectivity index (χ2v) is 5.67. The van der Waals surface area contributed by atoms with Crippen molar-refractivity contribution in [1.82, 2.24) is 0 Å². The van der Waals surface area contributed by atoms with Crippen LogP contribution in [0, 0.1) is 29.8 Å². The van der Waals surface area contributed by atoms with Crippen LogP contribution >= 0.6 is 0 Å². The van der Waals surface area contributed by atoms with Crippen LogP contribution in [-0.2, 0) is 14.3 Å². The zero-order chi connectivity index (χ0) is 20.0. The van der Waals surface area contributed by atoms with E-state index < -0.39 is 29.2 Å². The summed E-state index contributed by atoms with van der Waals surface area (Å²) in [4.78, 5) is 34.2. The van der Waals surface area contributed by atoms with Crippen LogP contribution in [-0.4, -0.2) is 23.4 Å². The van der Waals surface area contributed by atoms with Crippen LogP contribution in [0.1, 0.15) is 16.7 Å². The Balaban J connectivity index is 1.99. The normalized spacial score (nSPS) is 10.6. The molecule has 0 bridgehead atoms. The topological polar surface area (TPSA) is 98.5 Å². The Kier molecular flexibility index (Phi) is 6.37. The molecule has 0 atom stereocenters. The quantitative estimate of drug-likeness (QED) is 0.362. The second-order valence-electron chi connectivity index (χ2n) is 5.67. The first-order valence-electron chi connectivity index (χ1n) is 7.93. The molecule has 8 heteroatoms. The lowest BCUT2D eigenvalue weighted by Gasteiger charge is -2.11. The molecular formula is C19H17FN2O5. The Labute approximate surface area is 154 Å². The molecule has 1 amide bonds. The summed E-state index contributed by atoms with van der Waals surface area (Å²) < 4.78 is 18.2. The van der Waals surface area contributed by atoms with Gasteiger partial charge in [-0.1, -0.05) is 24.3 Å². The van der Waals surface area contributed by atoms with Crippen molar-refractivity contribution >= 4 is 29.3 Å². The highest BCUT2D eigenvalue weighted by molar-refractivity contribution is 5.97. The van der Waals surface area contributed by atoms with E-state index in [9.17, 15) is 24.1 Å². The first kappa shape index (κ1) is 19.8. The van der Waals surface area contributed by atoms with Crippen LogP contribution in [0.15, 0.2) is 42.5 Å². The van der Waals surface area contributed by atoms with Crippen molar-refractivity contribution in [3.05, 3.63) is 75.1 Å². The summed E-state index contributed by atoms with van der Waals surface area (Å²) in [5.74, 6) is -2.06. The number of nitro groups is 1. The number of nitro benzene ring substituents is 1. The van der Waals surface area contributed by atoms with Crippen LogP contribution in [0.5, 0.6) is 0 Å². The van der Waals surface area contributed by atoms with E-state index in [1.54, 1.807) is 26.0 Å². The lowest BCUT2D eigenvalue weighted by Crippen LogP contribution is -2.21. The number of carbonyl (C=O) groups excluding carboxylic acids is 2. The fraction of sp³-hybridized carbons (Fsp3) is 0.158. The van der Waals surface area contributed by atoms with Gasteiger partial charge in [-0.25, -0.2) is 9.18 Å². The maximum Gasteiger partial charge on any atom is 0.331 e. The van der Waals surface area contributed by atoms with Gasteiger partial charge in [-0.2, -0.15) is 0 Å². The Morgan fingerprint density at radius 3 is 2.59 bits per heavy atom. The van der Waals surface area contributed by atoms with Gasteiger partial charge in [0.1, 0.15) is 11.5 Å². The third-order valence-corrected chi connectivity index (χ3v) is 3.82. The number of hydrogen-bond acceptors (Lipinski definition) is 5. The summed E-state index contributed by atoms with van der Waals surface area (Å²) in [7, 11) is 0. The van der Waals surface area contributed by atoms with E-state index in [1.807, 2.05) is 0 Å². The molecule has 7 nitrogen and oxygen atoms in total. The number of nitrogens with one attached hydrogen (secondary N) is 1. The fourth-order valence-corrected chi connectivity index (χ4v) is 2.24. The summed E-state index contributed by atoms with van der Waals surface area (Å²) in [5, 5.41) is 13.5. The van der Waals surface area contributed by atoms with Gasteiger partial charge >= 0.3 is 5.97 Å². The molecule has 0 aliphatic carbocycles. The van der Waals surface area contributed by atoms with Gasteiger partial charge in [0.2, 0.25) is 0 Å². The highest BCUT2D eigenvalue weighted by Crippen LogP contribution is 2.30. The number of amides is 1. The van der Waals surface area contributed by atoms with Crippen molar-refractivity contribution in [2.75, 3.05) is 11.9 Å². The van der Waals surface area contributed by atoms with Crippen LogP contribution in [0.2, 0.25) is 0 Å². The van der Waals surface area contributed by atoms with Crippen molar-refractivity contribution in [3.8, 4) is 0 Å². The van der Waals surface area contributed by atoms with Gasteiger partial charge in [0.25, 0.3) is 11.6 Å². The molecule has 0 saturated carbocycles. The molecule has 1 N–H and O–H groups in total. The lowest BCUT2D eigenvalue weighted by atomic mass is 10.1. The minimum absolute atomic E-state index is 0.0583. The van der Waals surface area contributed by atoms with E-state index in [1.165, 1.54) is 30.3 Å².